The molecule has 0 atom stereocenters. The van der Waals surface area contributed by atoms with Crippen molar-refractivity contribution >= 4 is 21.9 Å². The first-order valence-corrected chi connectivity index (χ1v) is 12.4. The lowest BCUT2D eigenvalue weighted by molar-refractivity contribution is -0.145. The van der Waals surface area contributed by atoms with Gasteiger partial charge in [0.2, 0.25) is 5.95 Å². The Morgan fingerprint density at radius 2 is 1.81 bits per heavy atom. The van der Waals surface area contributed by atoms with Gasteiger partial charge < -0.3 is 10.8 Å². The van der Waals surface area contributed by atoms with Crippen LogP contribution < -0.4 is 5.73 Å². The normalized spacial score (nSPS) is 14.5. The van der Waals surface area contributed by atoms with Crippen LogP contribution in [0.5, 0.6) is 0 Å². The predicted molar refractivity (Wildman–Crippen MR) is 129 cm³/mol. The third-order valence-electron chi connectivity index (χ3n) is 5.77. The number of hydrogen-bond donors (Lipinski definition) is 2. The van der Waals surface area contributed by atoms with Gasteiger partial charge in [-0.25, -0.2) is 28.1 Å². The molecule has 1 fully saturated rings. The van der Waals surface area contributed by atoms with E-state index in [-0.39, 0.29) is 30.6 Å². The van der Waals surface area contributed by atoms with Gasteiger partial charge in [0.1, 0.15) is 5.69 Å². The Hall–Kier alpha value is -4.23. The summed E-state index contributed by atoms with van der Waals surface area (Å²) in [5.74, 6) is -1.60. The van der Waals surface area contributed by atoms with Crippen LogP contribution in [0.25, 0.3) is 22.6 Å². The summed E-state index contributed by atoms with van der Waals surface area (Å²) in [6.07, 6.45) is 1.66. The van der Waals surface area contributed by atoms with E-state index in [1.807, 2.05) is 31.2 Å². The Morgan fingerprint density at radius 1 is 1.06 bits per heavy atom. The lowest BCUT2D eigenvalue weighted by atomic mass is 10.0. The molecular weight excluding hydrogens is 484 g/mol. The highest BCUT2D eigenvalue weighted by Gasteiger charge is 2.41. The van der Waals surface area contributed by atoms with Crippen LogP contribution in [0.4, 0.5) is 5.95 Å². The SMILES string of the molecule is Cc1cccc(-c2cc(-c3cn(Cc4cccc(S(=O)(=O)N5CC(C(=O)O)C5)n4)nn3)nc(N)n2)c1. The maximum absolute atomic E-state index is 12.8. The summed E-state index contributed by atoms with van der Waals surface area (Å²) in [6, 6.07) is 14.3. The molecule has 1 aliphatic rings. The molecule has 3 N–H and O–H groups in total. The summed E-state index contributed by atoms with van der Waals surface area (Å²) in [6.45, 7) is 2.02. The molecule has 36 heavy (non-hydrogen) atoms. The molecule has 0 spiro atoms. The van der Waals surface area contributed by atoms with Gasteiger partial charge in [-0.05, 0) is 31.2 Å². The van der Waals surface area contributed by atoms with Crippen LogP contribution in [0.15, 0.2) is 59.8 Å². The highest BCUT2D eigenvalue weighted by Crippen LogP contribution is 2.25. The molecule has 0 radical (unpaired) electrons. The number of sulfonamides is 1. The number of nitrogens with two attached hydrogens (primary N) is 1. The van der Waals surface area contributed by atoms with E-state index in [4.69, 9.17) is 10.8 Å². The minimum absolute atomic E-state index is 0.0669. The van der Waals surface area contributed by atoms with Crippen molar-refractivity contribution in [1.82, 2.24) is 34.3 Å². The molecule has 13 heteroatoms. The molecule has 12 nitrogen and oxygen atoms in total. The summed E-state index contributed by atoms with van der Waals surface area (Å²) in [4.78, 5) is 23.9. The third-order valence-corrected chi connectivity index (χ3v) is 7.50. The first-order valence-electron chi connectivity index (χ1n) is 11.0. The first-order chi connectivity index (χ1) is 17.2. The number of aryl methyl sites for hydroxylation is 1. The van der Waals surface area contributed by atoms with Crippen LogP contribution in [0.3, 0.4) is 0 Å². The Morgan fingerprint density at radius 3 is 2.56 bits per heavy atom. The molecule has 0 unspecified atom stereocenters. The first kappa shape index (κ1) is 23.5. The summed E-state index contributed by atoms with van der Waals surface area (Å²) in [7, 11) is -3.88. The number of aliphatic carboxylic acids is 1. The van der Waals surface area contributed by atoms with Crippen molar-refractivity contribution < 1.29 is 18.3 Å². The molecule has 4 heterocycles. The van der Waals surface area contributed by atoms with Gasteiger partial charge >= 0.3 is 5.97 Å². The standard InChI is InChI=1S/C23H22N8O4S/c1-14-4-2-5-15(8-14)18-9-19(27-23(24)26-18)20-13-30(29-28-20)12-17-6-3-7-21(25-17)36(34,35)31-10-16(11-31)22(32)33/h2-9,13,16H,10-12H2,1H3,(H,32,33)(H2,24,26,27). The van der Waals surface area contributed by atoms with Gasteiger partial charge in [0.05, 0.1) is 35.7 Å². The maximum atomic E-state index is 12.8. The van der Waals surface area contributed by atoms with Crippen LogP contribution in [0.2, 0.25) is 0 Å². The molecule has 4 aromatic rings. The molecule has 184 valence electrons. The highest BCUT2D eigenvalue weighted by molar-refractivity contribution is 7.89. The fraction of sp³-hybridized carbons (Fsp3) is 0.217. The van der Waals surface area contributed by atoms with E-state index < -0.39 is 21.9 Å². The average Bonchev–Trinajstić information content (AvgIpc) is 3.26. The number of nitrogens with zero attached hydrogens (tertiary/aromatic N) is 7. The largest absolute Gasteiger partial charge is 0.481 e. The number of rotatable bonds is 7. The summed E-state index contributed by atoms with van der Waals surface area (Å²) < 4.78 is 28.2. The van der Waals surface area contributed by atoms with Crippen molar-refractivity contribution in [3.63, 3.8) is 0 Å². The van der Waals surface area contributed by atoms with Gasteiger partial charge in [0.25, 0.3) is 10.0 Å². The van der Waals surface area contributed by atoms with Gasteiger partial charge in [-0.15, -0.1) is 5.10 Å². The van der Waals surface area contributed by atoms with Crippen molar-refractivity contribution in [2.45, 2.75) is 18.5 Å². The molecule has 0 amide bonds. The zero-order valence-corrected chi connectivity index (χ0v) is 20.0. The van der Waals surface area contributed by atoms with Gasteiger partial charge in [0.15, 0.2) is 5.03 Å². The summed E-state index contributed by atoms with van der Waals surface area (Å²) in [5.41, 5.74) is 10.0. The van der Waals surface area contributed by atoms with E-state index in [0.717, 1.165) is 15.4 Å². The third kappa shape index (κ3) is 4.65. The van der Waals surface area contributed by atoms with E-state index >= 15 is 0 Å². The smallest absolute Gasteiger partial charge is 0.309 e. The number of nitrogen functional groups attached to an aromatic ring is 1. The number of aromatic nitrogens is 6. The van der Waals surface area contributed by atoms with Crippen molar-refractivity contribution in [2.24, 2.45) is 5.92 Å². The fourth-order valence-corrected chi connectivity index (χ4v) is 5.32. The number of carboxylic acids is 1. The van der Waals surface area contributed by atoms with Crippen LogP contribution in [0.1, 0.15) is 11.3 Å². The van der Waals surface area contributed by atoms with E-state index in [2.05, 4.69) is 25.3 Å². The van der Waals surface area contributed by atoms with Gasteiger partial charge in [-0.2, -0.15) is 4.31 Å². The highest BCUT2D eigenvalue weighted by atomic mass is 32.2. The molecule has 0 bridgehead atoms. The number of benzene rings is 1. The zero-order chi connectivity index (χ0) is 25.4. The second-order valence-electron chi connectivity index (χ2n) is 8.49. The molecule has 1 saturated heterocycles. The lowest BCUT2D eigenvalue weighted by Gasteiger charge is -2.34. The molecule has 0 saturated carbocycles. The number of pyridine rings is 1. The summed E-state index contributed by atoms with van der Waals surface area (Å²) >= 11 is 0. The second kappa shape index (κ2) is 9.09. The van der Waals surface area contributed by atoms with Crippen LogP contribution in [-0.4, -0.2) is 66.8 Å². The van der Waals surface area contributed by atoms with E-state index in [0.29, 0.717) is 22.8 Å². The van der Waals surface area contributed by atoms with Crippen LogP contribution >= 0.6 is 0 Å². The Bertz CT molecular complexity index is 1560. The lowest BCUT2D eigenvalue weighted by Crippen LogP contribution is -2.52. The van der Waals surface area contributed by atoms with E-state index in [1.165, 1.54) is 10.7 Å². The van der Waals surface area contributed by atoms with E-state index in [1.54, 1.807) is 24.4 Å². The number of hydrogen-bond acceptors (Lipinski definition) is 9. The maximum Gasteiger partial charge on any atom is 0.309 e. The minimum atomic E-state index is -3.88. The summed E-state index contributed by atoms with van der Waals surface area (Å²) in [5, 5.41) is 17.2. The van der Waals surface area contributed by atoms with Gasteiger partial charge in [0, 0.05) is 18.7 Å². The quantitative estimate of drug-likeness (QED) is 0.374. The van der Waals surface area contributed by atoms with Crippen molar-refractivity contribution in [3.8, 4) is 22.6 Å². The topological polar surface area (TPSA) is 170 Å². The predicted octanol–water partition coefficient (Wildman–Crippen LogP) is 1.44. The zero-order valence-electron chi connectivity index (χ0n) is 19.2. The minimum Gasteiger partial charge on any atom is -0.481 e. The monoisotopic (exact) mass is 506 g/mol. The van der Waals surface area contributed by atoms with Crippen molar-refractivity contribution in [3.05, 3.63) is 66.0 Å². The molecule has 0 aliphatic carbocycles. The molecule has 1 aliphatic heterocycles. The Kier molecular flexibility index (Phi) is 5.94. The number of anilines is 1. The van der Waals surface area contributed by atoms with E-state index in [9.17, 15) is 13.2 Å². The molecule has 5 rings (SSSR count). The molecule has 3 aromatic heterocycles. The molecule has 1 aromatic carbocycles. The second-order valence-corrected chi connectivity index (χ2v) is 10.4. The fourth-order valence-electron chi connectivity index (χ4n) is 3.82. The average molecular weight is 507 g/mol. The number of carboxylic acid groups (broad SMARTS) is 1. The Labute approximate surface area is 206 Å². The van der Waals surface area contributed by atoms with Crippen molar-refractivity contribution in [1.29, 1.82) is 0 Å². The number of carbonyl (C=O) groups is 1. The van der Waals surface area contributed by atoms with Crippen molar-refractivity contribution in [2.75, 3.05) is 18.8 Å². The van der Waals surface area contributed by atoms with Crippen LogP contribution in [-0.2, 0) is 21.4 Å². The Balaban J connectivity index is 1.35. The van der Waals surface area contributed by atoms with Gasteiger partial charge in [-0.1, -0.05) is 35.0 Å². The van der Waals surface area contributed by atoms with Crippen LogP contribution in [0, 0.1) is 12.8 Å². The van der Waals surface area contributed by atoms with Gasteiger partial charge in [-0.3, -0.25) is 4.79 Å². The molecular formula is C23H22N8O4S.